The Morgan fingerprint density at radius 2 is 1.71 bits per heavy atom. The van der Waals surface area contributed by atoms with Crippen molar-refractivity contribution in [1.82, 2.24) is 4.90 Å². The molecule has 3 aromatic carbocycles. The number of aryl methyl sites for hydroxylation is 1. The van der Waals surface area contributed by atoms with Gasteiger partial charge in [-0.3, -0.25) is 14.4 Å². The Labute approximate surface area is 200 Å². The van der Waals surface area contributed by atoms with Crippen molar-refractivity contribution in [2.45, 2.75) is 25.9 Å². The molecule has 1 unspecified atom stereocenters. The molecular formula is C28H21FN2O4. The zero-order valence-corrected chi connectivity index (χ0v) is 19.2. The normalized spacial score (nSPS) is 18.6. The Bertz CT molecular complexity index is 1610. The van der Waals surface area contributed by atoms with Crippen LogP contribution in [0, 0.1) is 12.7 Å². The van der Waals surface area contributed by atoms with Crippen molar-refractivity contribution in [2.75, 3.05) is 11.4 Å². The summed E-state index contributed by atoms with van der Waals surface area (Å²) in [7, 11) is 0. The number of hydrogen-bond acceptors (Lipinski definition) is 4. The van der Waals surface area contributed by atoms with Crippen molar-refractivity contribution in [3.63, 3.8) is 0 Å². The van der Waals surface area contributed by atoms with E-state index < -0.39 is 28.6 Å². The van der Waals surface area contributed by atoms with Gasteiger partial charge in [0.15, 0.2) is 11.0 Å². The largest absolute Gasteiger partial charge is 0.450 e. The van der Waals surface area contributed by atoms with Crippen LogP contribution in [0.5, 0.6) is 0 Å². The van der Waals surface area contributed by atoms with Gasteiger partial charge in [-0.1, -0.05) is 48.0 Å². The van der Waals surface area contributed by atoms with Crippen LogP contribution in [0.3, 0.4) is 0 Å². The van der Waals surface area contributed by atoms with Gasteiger partial charge in [0.25, 0.3) is 11.8 Å². The predicted molar refractivity (Wildman–Crippen MR) is 129 cm³/mol. The quantitative estimate of drug-likeness (QED) is 0.444. The number of rotatable bonds is 3. The van der Waals surface area contributed by atoms with Crippen LogP contribution < -0.4 is 10.3 Å². The lowest BCUT2D eigenvalue weighted by Gasteiger charge is -2.34. The van der Waals surface area contributed by atoms with Crippen LogP contribution >= 0.6 is 0 Å². The number of benzene rings is 3. The van der Waals surface area contributed by atoms with Crippen LogP contribution in [-0.2, 0) is 16.9 Å². The fraction of sp³-hybridized carbons (Fsp3) is 0.179. The number of fused-ring (bicyclic) bond motifs is 5. The van der Waals surface area contributed by atoms with E-state index in [1.807, 2.05) is 44.2 Å². The number of carbonyl (C=O) groups excluding carboxylic acids is 2. The molecule has 0 N–H and O–H groups in total. The molecule has 7 heteroatoms. The van der Waals surface area contributed by atoms with Gasteiger partial charge >= 0.3 is 0 Å². The molecule has 2 amide bonds. The first-order valence-electron chi connectivity index (χ1n) is 11.4. The standard InChI is InChI=1S/C28H21FN2O4/c1-3-30-21-7-5-4-6-20(21)28(27(30)34)23-24(32)19-14-18(29)12-13-22(19)35-25(23)26(33)31(28)15-17-10-8-16(2)9-11-17/h4-14H,3,15H2,1-2H3. The molecule has 0 fully saturated rings. The molecule has 3 heterocycles. The summed E-state index contributed by atoms with van der Waals surface area (Å²) in [5.41, 5.74) is 0.792. The van der Waals surface area contributed by atoms with Crippen LogP contribution in [0.25, 0.3) is 11.0 Å². The van der Waals surface area contributed by atoms with E-state index in [2.05, 4.69) is 0 Å². The average molecular weight is 468 g/mol. The van der Waals surface area contributed by atoms with Gasteiger partial charge in [-0.2, -0.15) is 0 Å². The molecule has 6 nitrogen and oxygen atoms in total. The number of carbonyl (C=O) groups is 2. The lowest BCUT2D eigenvalue weighted by Crippen LogP contribution is -2.53. The highest BCUT2D eigenvalue weighted by Gasteiger charge is 2.64. The summed E-state index contributed by atoms with van der Waals surface area (Å²) in [5, 5.41) is -0.00617. The zero-order valence-electron chi connectivity index (χ0n) is 19.2. The Hall–Kier alpha value is -4.26. The van der Waals surface area contributed by atoms with Crippen molar-refractivity contribution in [2.24, 2.45) is 0 Å². The van der Waals surface area contributed by atoms with E-state index in [0.29, 0.717) is 17.8 Å². The number of likely N-dealkylation sites (N-methyl/N-ethyl adjacent to an activating group) is 1. The summed E-state index contributed by atoms with van der Waals surface area (Å²) >= 11 is 0. The summed E-state index contributed by atoms with van der Waals surface area (Å²) in [6.45, 7) is 4.25. The van der Waals surface area contributed by atoms with Crippen LogP contribution in [0.15, 0.2) is 75.9 Å². The Morgan fingerprint density at radius 3 is 2.46 bits per heavy atom. The first kappa shape index (κ1) is 21.3. The molecule has 2 aliphatic rings. The Morgan fingerprint density at radius 1 is 0.971 bits per heavy atom. The molecule has 0 aliphatic carbocycles. The third kappa shape index (κ3) is 2.72. The summed E-state index contributed by atoms with van der Waals surface area (Å²) in [4.78, 5) is 45.0. The number of nitrogens with zero attached hydrogens (tertiary/aromatic N) is 2. The first-order valence-corrected chi connectivity index (χ1v) is 11.4. The maximum absolute atomic E-state index is 14.2. The van der Waals surface area contributed by atoms with Crippen molar-refractivity contribution >= 4 is 28.5 Å². The molecule has 0 saturated heterocycles. The third-order valence-corrected chi connectivity index (χ3v) is 6.98. The molecule has 0 bridgehead atoms. The fourth-order valence-electron chi connectivity index (χ4n) is 5.37. The maximum Gasteiger partial charge on any atom is 0.291 e. The van der Waals surface area contributed by atoms with E-state index in [9.17, 15) is 18.8 Å². The second kappa shape index (κ2) is 7.37. The molecule has 35 heavy (non-hydrogen) atoms. The minimum Gasteiger partial charge on any atom is -0.450 e. The molecule has 1 aromatic heterocycles. The molecule has 4 aromatic rings. The highest BCUT2D eigenvalue weighted by molar-refractivity contribution is 6.17. The molecule has 0 saturated carbocycles. The van der Waals surface area contributed by atoms with Crippen molar-refractivity contribution < 1.29 is 18.4 Å². The van der Waals surface area contributed by atoms with E-state index in [1.54, 1.807) is 23.1 Å². The lowest BCUT2D eigenvalue weighted by molar-refractivity contribution is -0.126. The number of hydrogen-bond donors (Lipinski definition) is 0. The third-order valence-electron chi connectivity index (χ3n) is 6.98. The Kier molecular flexibility index (Phi) is 4.48. The molecule has 1 atom stereocenters. The summed E-state index contributed by atoms with van der Waals surface area (Å²) in [6, 6.07) is 18.4. The molecule has 6 rings (SSSR count). The molecule has 2 aliphatic heterocycles. The van der Waals surface area contributed by atoms with Gasteiger partial charge in [0.05, 0.1) is 16.6 Å². The molecule has 174 valence electrons. The van der Waals surface area contributed by atoms with Gasteiger partial charge < -0.3 is 14.2 Å². The van der Waals surface area contributed by atoms with Crippen molar-refractivity contribution in [3.05, 3.63) is 111 Å². The van der Waals surface area contributed by atoms with Crippen LogP contribution in [0.4, 0.5) is 10.1 Å². The zero-order chi connectivity index (χ0) is 24.5. The number of halogens is 1. The molecule has 0 radical (unpaired) electrons. The first-order chi connectivity index (χ1) is 16.9. The highest BCUT2D eigenvalue weighted by Crippen LogP contribution is 2.52. The lowest BCUT2D eigenvalue weighted by atomic mass is 9.83. The minimum absolute atomic E-state index is 0.00617. The second-order valence-electron chi connectivity index (χ2n) is 8.93. The van der Waals surface area contributed by atoms with E-state index in [4.69, 9.17) is 4.42 Å². The van der Waals surface area contributed by atoms with E-state index in [-0.39, 0.29) is 28.8 Å². The van der Waals surface area contributed by atoms with Crippen LogP contribution in [0.1, 0.15) is 39.7 Å². The van der Waals surface area contributed by atoms with Gasteiger partial charge in [-0.15, -0.1) is 0 Å². The molecular weight excluding hydrogens is 447 g/mol. The second-order valence-corrected chi connectivity index (χ2v) is 8.93. The van der Waals surface area contributed by atoms with Crippen LogP contribution in [0.2, 0.25) is 0 Å². The van der Waals surface area contributed by atoms with Gasteiger partial charge in [0.1, 0.15) is 11.4 Å². The SMILES string of the molecule is CCN1C(=O)C2(c3ccccc31)c1c(oc3ccc(F)cc3c1=O)C(=O)N2Cc1ccc(C)cc1. The van der Waals surface area contributed by atoms with Gasteiger partial charge in [-0.25, -0.2) is 4.39 Å². The van der Waals surface area contributed by atoms with E-state index in [1.165, 1.54) is 17.0 Å². The smallest absolute Gasteiger partial charge is 0.291 e. The summed E-state index contributed by atoms with van der Waals surface area (Å²) in [5.74, 6) is -1.73. The van der Waals surface area contributed by atoms with Crippen molar-refractivity contribution in [1.29, 1.82) is 0 Å². The number of anilines is 1. The van der Waals surface area contributed by atoms with E-state index in [0.717, 1.165) is 17.2 Å². The minimum atomic E-state index is -1.70. The Balaban J connectivity index is 1.71. The van der Waals surface area contributed by atoms with Gasteiger partial charge in [-0.05, 0) is 43.7 Å². The van der Waals surface area contributed by atoms with Crippen molar-refractivity contribution in [3.8, 4) is 0 Å². The fourth-order valence-corrected chi connectivity index (χ4v) is 5.37. The number of amides is 2. The van der Waals surface area contributed by atoms with E-state index >= 15 is 0 Å². The summed E-state index contributed by atoms with van der Waals surface area (Å²) < 4.78 is 20.0. The topological polar surface area (TPSA) is 70.8 Å². The maximum atomic E-state index is 14.2. The van der Waals surface area contributed by atoms with Gasteiger partial charge in [0.2, 0.25) is 5.76 Å². The summed E-state index contributed by atoms with van der Waals surface area (Å²) in [6.07, 6.45) is 0. The van der Waals surface area contributed by atoms with Gasteiger partial charge in [0, 0.05) is 18.7 Å². The van der Waals surface area contributed by atoms with Crippen LogP contribution in [-0.4, -0.2) is 23.3 Å². The monoisotopic (exact) mass is 468 g/mol. The predicted octanol–water partition coefficient (Wildman–Crippen LogP) is 4.51. The number of para-hydroxylation sites is 1. The molecule has 1 spiro atoms. The average Bonchev–Trinajstić information content (AvgIpc) is 3.25. The highest BCUT2D eigenvalue weighted by atomic mass is 19.1.